The number of hydrogen-bond donors (Lipinski definition) is 0. The highest BCUT2D eigenvalue weighted by atomic mass is 79.9. The van der Waals surface area contributed by atoms with Crippen molar-refractivity contribution in [3.8, 4) is 0 Å². The number of hydrogen-bond acceptors (Lipinski definition) is 1. The zero-order valence-corrected chi connectivity index (χ0v) is 13.5. The van der Waals surface area contributed by atoms with Crippen LogP contribution in [-0.4, -0.2) is 0 Å². The molecule has 90 valence electrons. The Kier molecular flexibility index (Phi) is 4.43. The van der Waals surface area contributed by atoms with Gasteiger partial charge < -0.3 is 0 Å². The van der Waals surface area contributed by atoms with Crippen molar-refractivity contribution in [2.45, 2.75) is 12.3 Å². The molecule has 1 heterocycles. The number of alkyl halides is 1. The molecule has 5 heteroatoms. The fourth-order valence-electron chi connectivity index (χ4n) is 1.44. The molecule has 0 bridgehead atoms. The topological polar surface area (TPSA) is 0 Å². The third kappa shape index (κ3) is 2.99. The normalized spacial score (nSPS) is 12.8. The van der Waals surface area contributed by atoms with E-state index in [1.165, 1.54) is 11.3 Å². The molecule has 2 aromatic rings. The average Bonchev–Trinajstić information content (AvgIpc) is 2.62. The molecule has 0 N–H and O–H groups in total. The second-order valence-electron chi connectivity index (χ2n) is 3.64. The molecule has 0 aliphatic rings. The lowest BCUT2D eigenvalue weighted by atomic mass is 10.1. The Morgan fingerprint density at radius 1 is 1.24 bits per heavy atom. The van der Waals surface area contributed by atoms with Gasteiger partial charge in [-0.05, 0) is 52.2 Å². The molecule has 1 unspecified atom stereocenters. The summed E-state index contributed by atoms with van der Waals surface area (Å²) in [5, 5.41) is 0.448. The van der Waals surface area contributed by atoms with Crippen molar-refractivity contribution in [3.63, 3.8) is 0 Å². The van der Waals surface area contributed by atoms with Gasteiger partial charge in [0, 0.05) is 9.35 Å². The van der Waals surface area contributed by atoms with Gasteiger partial charge in [0.1, 0.15) is 0 Å². The van der Waals surface area contributed by atoms with Crippen LogP contribution >= 0.6 is 62.1 Å². The predicted molar refractivity (Wildman–Crippen MR) is 80.9 cm³/mol. The smallest absolute Gasteiger partial charge is 0.0960 e. The molecule has 0 spiro atoms. The van der Waals surface area contributed by atoms with Gasteiger partial charge in [0.05, 0.1) is 14.7 Å². The van der Waals surface area contributed by atoms with E-state index < -0.39 is 0 Å². The van der Waals surface area contributed by atoms with Gasteiger partial charge in [-0.15, -0.1) is 22.9 Å². The van der Waals surface area contributed by atoms with E-state index in [9.17, 15) is 0 Å². The first-order valence-corrected chi connectivity index (χ1v) is 7.64. The molecule has 1 aromatic heterocycles. The van der Waals surface area contributed by atoms with Gasteiger partial charge in [-0.2, -0.15) is 0 Å². The van der Waals surface area contributed by atoms with E-state index in [0.29, 0.717) is 5.02 Å². The summed E-state index contributed by atoms with van der Waals surface area (Å²) in [6.07, 6.45) is 0. The molecule has 0 amide bonds. The molecule has 2 rings (SSSR count). The Bertz CT molecular complexity index is 531. The van der Waals surface area contributed by atoms with Gasteiger partial charge in [-0.25, -0.2) is 0 Å². The van der Waals surface area contributed by atoms with Crippen LogP contribution in [0.2, 0.25) is 9.36 Å². The van der Waals surface area contributed by atoms with Crippen molar-refractivity contribution in [1.29, 1.82) is 0 Å². The Labute approximate surface area is 128 Å². The molecule has 0 nitrogen and oxygen atoms in total. The molecule has 1 aromatic carbocycles. The number of thiophene rings is 1. The zero-order valence-electron chi connectivity index (χ0n) is 8.81. The van der Waals surface area contributed by atoms with E-state index in [0.717, 1.165) is 24.8 Å². The molecular formula is C12H8BrCl3S. The number of halogens is 4. The Hall–Kier alpha value is 0.270. The molecule has 17 heavy (non-hydrogen) atoms. The summed E-state index contributed by atoms with van der Waals surface area (Å²) in [4.78, 5) is 1.03. The SMILES string of the molecule is Cc1cc(C(Cl)c2ccc(Br)c(Cl)c2)sc1Cl. The fourth-order valence-corrected chi connectivity index (χ4v) is 3.43. The highest BCUT2D eigenvalue weighted by Gasteiger charge is 2.15. The maximum atomic E-state index is 6.42. The van der Waals surface area contributed by atoms with E-state index in [-0.39, 0.29) is 5.38 Å². The van der Waals surface area contributed by atoms with Crippen LogP contribution < -0.4 is 0 Å². The molecule has 0 aliphatic heterocycles. The van der Waals surface area contributed by atoms with Crippen molar-refractivity contribution in [1.82, 2.24) is 0 Å². The zero-order chi connectivity index (χ0) is 12.6. The van der Waals surface area contributed by atoms with Crippen molar-refractivity contribution >= 4 is 62.1 Å². The molecule has 0 saturated heterocycles. The van der Waals surface area contributed by atoms with Gasteiger partial charge in [0.15, 0.2) is 0 Å². The minimum Gasteiger partial charge on any atom is -0.126 e. The van der Waals surface area contributed by atoms with Crippen LogP contribution in [0.15, 0.2) is 28.7 Å². The van der Waals surface area contributed by atoms with Crippen molar-refractivity contribution in [2.75, 3.05) is 0 Å². The van der Waals surface area contributed by atoms with Crippen molar-refractivity contribution in [3.05, 3.63) is 54.1 Å². The van der Waals surface area contributed by atoms with Gasteiger partial charge in [-0.3, -0.25) is 0 Å². The maximum absolute atomic E-state index is 6.42. The van der Waals surface area contributed by atoms with Crippen LogP contribution in [0.25, 0.3) is 0 Å². The van der Waals surface area contributed by atoms with E-state index in [4.69, 9.17) is 34.8 Å². The first-order valence-electron chi connectivity index (χ1n) is 4.84. The van der Waals surface area contributed by atoms with Gasteiger partial charge in [-0.1, -0.05) is 29.3 Å². The molecule has 1 atom stereocenters. The van der Waals surface area contributed by atoms with E-state index in [1.54, 1.807) is 0 Å². The van der Waals surface area contributed by atoms with Crippen molar-refractivity contribution in [2.24, 2.45) is 0 Å². The minimum atomic E-state index is -0.211. The first kappa shape index (κ1) is 13.7. The number of rotatable bonds is 2. The second kappa shape index (κ2) is 5.50. The Morgan fingerprint density at radius 3 is 2.47 bits per heavy atom. The van der Waals surface area contributed by atoms with Crippen LogP contribution in [0.5, 0.6) is 0 Å². The Morgan fingerprint density at radius 2 is 1.94 bits per heavy atom. The monoisotopic (exact) mass is 368 g/mol. The van der Waals surface area contributed by atoms with Crippen LogP contribution in [-0.2, 0) is 0 Å². The molecule has 0 saturated carbocycles. The molecular weight excluding hydrogens is 362 g/mol. The molecule has 0 radical (unpaired) electrons. The summed E-state index contributed by atoms with van der Waals surface area (Å²) in [6, 6.07) is 7.73. The lowest BCUT2D eigenvalue weighted by Gasteiger charge is -2.08. The van der Waals surface area contributed by atoms with Crippen LogP contribution in [0.4, 0.5) is 0 Å². The van der Waals surface area contributed by atoms with E-state index >= 15 is 0 Å². The van der Waals surface area contributed by atoms with Gasteiger partial charge in [0.2, 0.25) is 0 Å². The maximum Gasteiger partial charge on any atom is 0.0960 e. The van der Waals surface area contributed by atoms with Crippen LogP contribution in [0.1, 0.15) is 21.4 Å². The quantitative estimate of drug-likeness (QED) is 0.533. The summed E-state index contributed by atoms with van der Waals surface area (Å²) in [5.41, 5.74) is 2.03. The summed E-state index contributed by atoms with van der Waals surface area (Å²) >= 11 is 23.4. The van der Waals surface area contributed by atoms with Gasteiger partial charge >= 0.3 is 0 Å². The van der Waals surface area contributed by atoms with E-state index in [2.05, 4.69) is 15.9 Å². The molecule has 0 fully saturated rings. The summed E-state index contributed by atoms with van der Waals surface area (Å²) in [5.74, 6) is 0. The number of benzene rings is 1. The first-order chi connectivity index (χ1) is 7.99. The summed E-state index contributed by atoms with van der Waals surface area (Å²) in [7, 11) is 0. The second-order valence-corrected chi connectivity index (χ2v) is 7.03. The highest BCUT2D eigenvalue weighted by molar-refractivity contribution is 9.10. The summed E-state index contributed by atoms with van der Waals surface area (Å²) < 4.78 is 1.65. The lowest BCUT2D eigenvalue weighted by molar-refractivity contribution is 1.18. The number of aryl methyl sites for hydroxylation is 1. The Balaban J connectivity index is 2.36. The third-order valence-corrected chi connectivity index (χ3v) is 5.83. The van der Waals surface area contributed by atoms with Crippen LogP contribution in [0.3, 0.4) is 0 Å². The minimum absolute atomic E-state index is 0.211. The van der Waals surface area contributed by atoms with E-state index in [1.807, 2.05) is 31.2 Å². The predicted octanol–water partition coefficient (Wildman–Crippen LogP) is 6.45. The highest BCUT2D eigenvalue weighted by Crippen LogP contribution is 2.39. The largest absolute Gasteiger partial charge is 0.126 e. The van der Waals surface area contributed by atoms with Crippen molar-refractivity contribution < 1.29 is 0 Å². The van der Waals surface area contributed by atoms with Gasteiger partial charge in [0.25, 0.3) is 0 Å². The standard InChI is InChI=1S/C12H8BrCl3S/c1-6-4-10(17-12(6)16)11(15)7-2-3-8(13)9(14)5-7/h2-5,11H,1H3. The third-order valence-electron chi connectivity index (χ3n) is 2.36. The van der Waals surface area contributed by atoms with Crippen LogP contribution in [0, 0.1) is 6.92 Å². The summed E-state index contributed by atoms with van der Waals surface area (Å²) in [6.45, 7) is 1.97. The lowest BCUT2D eigenvalue weighted by Crippen LogP contribution is -1.90. The average molecular weight is 371 g/mol. The molecule has 0 aliphatic carbocycles. The fraction of sp³-hybridized carbons (Fsp3) is 0.167.